The van der Waals surface area contributed by atoms with Crippen LogP contribution in [0.2, 0.25) is 0 Å². The number of morpholine rings is 1. The van der Waals surface area contributed by atoms with Crippen LogP contribution in [0.25, 0.3) is 10.9 Å². The van der Waals surface area contributed by atoms with Crippen LogP contribution in [0.1, 0.15) is 36.2 Å². The van der Waals surface area contributed by atoms with E-state index in [2.05, 4.69) is 19.8 Å². The smallest absolute Gasteiger partial charge is 0.274 e. The molecule has 3 N–H and O–H groups in total. The summed E-state index contributed by atoms with van der Waals surface area (Å²) in [5, 5.41) is 13.1. The van der Waals surface area contributed by atoms with E-state index < -0.39 is 10.0 Å². The molecule has 12 heteroatoms. The minimum Gasteiger partial charge on any atom is -0.395 e. The van der Waals surface area contributed by atoms with Gasteiger partial charge in [-0.3, -0.25) is 4.79 Å². The monoisotopic (exact) mass is 568 g/mol. The molecular formula is C28H36N6O5S. The van der Waals surface area contributed by atoms with Gasteiger partial charge in [-0.15, -0.1) is 0 Å². The van der Waals surface area contributed by atoms with E-state index in [-0.39, 0.29) is 24.0 Å². The normalized spacial score (nSPS) is 18.9. The van der Waals surface area contributed by atoms with E-state index in [0.29, 0.717) is 48.8 Å². The van der Waals surface area contributed by atoms with Crippen LogP contribution in [0.15, 0.2) is 41.4 Å². The van der Waals surface area contributed by atoms with Gasteiger partial charge in [-0.1, -0.05) is 0 Å². The number of carbonyl (C=O) groups excluding carboxylic acids is 1. The Hall–Kier alpha value is -3.19. The minimum atomic E-state index is -3.81. The first kappa shape index (κ1) is 27.0. The Morgan fingerprint density at radius 2 is 1.80 bits per heavy atom. The molecule has 1 aliphatic carbocycles. The predicted octanol–water partition coefficient (Wildman–Crippen LogP) is 2.31. The van der Waals surface area contributed by atoms with Crippen LogP contribution >= 0.6 is 0 Å². The summed E-state index contributed by atoms with van der Waals surface area (Å²) in [5.74, 6) is 0.395. The van der Waals surface area contributed by atoms with Crippen molar-refractivity contribution in [3.63, 3.8) is 0 Å². The summed E-state index contributed by atoms with van der Waals surface area (Å²) < 4.78 is 35.7. The summed E-state index contributed by atoms with van der Waals surface area (Å²) in [5.41, 5.74) is 2.91. The molecule has 3 aromatic rings. The zero-order valence-electron chi connectivity index (χ0n) is 22.7. The zero-order valence-corrected chi connectivity index (χ0v) is 23.5. The van der Waals surface area contributed by atoms with Gasteiger partial charge >= 0.3 is 0 Å². The highest BCUT2D eigenvalue weighted by Crippen LogP contribution is 2.54. The second-order valence-electron chi connectivity index (χ2n) is 11.0. The van der Waals surface area contributed by atoms with Crippen molar-refractivity contribution in [3.05, 3.63) is 42.2 Å². The highest BCUT2D eigenvalue weighted by molar-refractivity contribution is 7.89. The van der Waals surface area contributed by atoms with Gasteiger partial charge in [0.05, 0.1) is 41.6 Å². The van der Waals surface area contributed by atoms with E-state index in [4.69, 9.17) is 14.8 Å². The van der Waals surface area contributed by atoms with Gasteiger partial charge in [0.15, 0.2) is 5.82 Å². The summed E-state index contributed by atoms with van der Waals surface area (Å²) in [7, 11) is -1.84. The summed E-state index contributed by atoms with van der Waals surface area (Å²) >= 11 is 0. The van der Waals surface area contributed by atoms with Crippen molar-refractivity contribution < 1.29 is 23.1 Å². The molecule has 4 heterocycles. The van der Waals surface area contributed by atoms with Crippen LogP contribution in [-0.4, -0.2) is 81.5 Å². The number of aliphatic hydroxyl groups excluding tert-OH is 1. The lowest BCUT2D eigenvalue weighted by Gasteiger charge is -2.35. The lowest BCUT2D eigenvalue weighted by Crippen LogP contribution is -2.37. The number of piperidine rings is 1. The molecular weight excluding hydrogens is 532 g/mol. The van der Waals surface area contributed by atoms with E-state index >= 15 is 0 Å². The third kappa shape index (κ3) is 5.28. The molecule has 3 fully saturated rings. The molecule has 0 atom stereocenters. The average Bonchev–Trinajstić information content (AvgIpc) is 3.62. The van der Waals surface area contributed by atoms with E-state index in [1.807, 2.05) is 23.9 Å². The number of hydrogen-bond acceptors (Lipinski definition) is 8. The highest BCUT2D eigenvalue weighted by Gasteiger charge is 2.44. The summed E-state index contributed by atoms with van der Waals surface area (Å²) in [4.78, 5) is 22.9. The molecule has 1 aromatic carbocycles. The second kappa shape index (κ2) is 10.7. The van der Waals surface area contributed by atoms with E-state index in [1.54, 1.807) is 18.2 Å². The topological polar surface area (TPSA) is 129 Å². The van der Waals surface area contributed by atoms with Crippen LogP contribution in [-0.2, 0) is 21.8 Å². The number of ether oxygens (including phenoxy) is 1. The van der Waals surface area contributed by atoms with Gasteiger partial charge in [0.1, 0.15) is 5.69 Å². The van der Waals surface area contributed by atoms with Crippen LogP contribution < -0.4 is 19.8 Å². The molecule has 1 saturated carbocycles. The number of amides is 1. The standard InChI is InChI=1S/C28H36N6O5S/c1-32-10-4-20-18-23(30-26(25(20)32)34-13-16-39-17-14-34)27(36)31-22-3-2-21(40(37,38)29-9-15-35)19-24(22)33-11-7-28(5-6-28)8-12-33/h2-4,10,18-19,29,35H,5-9,11-17H2,1H3,(H,31,36). The Bertz CT molecular complexity index is 1520. The summed E-state index contributed by atoms with van der Waals surface area (Å²) in [6.45, 7) is 3.83. The molecule has 2 aromatic heterocycles. The van der Waals surface area contributed by atoms with Gasteiger partial charge in [0, 0.05) is 51.4 Å². The summed E-state index contributed by atoms with van der Waals surface area (Å²) in [6, 6.07) is 8.52. The molecule has 3 aliphatic rings. The maximum atomic E-state index is 13.7. The number of pyridine rings is 1. The van der Waals surface area contributed by atoms with Gasteiger partial charge in [-0.25, -0.2) is 18.1 Å². The van der Waals surface area contributed by atoms with Crippen LogP contribution in [0.4, 0.5) is 17.2 Å². The molecule has 2 saturated heterocycles. The van der Waals surface area contributed by atoms with Gasteiger partial charge < -0.3 is 29.5 Å². The number of rotatable bonds is 8. The molecule has 1 spiro atoms. The number of fused-ring (bicyclic) bond motifs is 1. The van der Waals surface area contributed by atoms with E-state index in [0.717, 1.165) is 42.7 Å². The first-order chi connectivity index (χ1) is 19.3. The first-order valence-electron chi connectivity index (χ1n) is 13.9. The fourth-order valence-electron chi connectivity index (χ4n) is 5.81. The molecule has 0 unspecified atom stereocenters. The Balaban J connectivity index is 1.33. The third-order valence-corrected chi connectivity index (χ3v) is 9.89. The Morgan fingerprint density at radius 1 is 1.05 bits per heavy atom. The van der Waals surface area contributed by atoms with Gasteiger partial charge in [-0.2, -0.15) is 0 Å². The number of carbonyl (C=O) groups is 1. The predicted molar refractivity (Wildman–Crippen MR) is 154 cm³/mol. The number of benzene rings is 1. The van der Waals surface area contributed by atoms with Crippen LogP contribution in [0, 0.1) is 5.41 Å². The van der Waals surface area contributed by atoms with Crippen LogP contribution in [0.3, 0.4) is 0 Å². The quantitative estimate of drug-likeness (QED) is 0.378. The van der Waals surface area contributed by atoms with Crippen LogP contribution in [0.5, 0.6) is 0 Å². The Labute approximate surface area is 234 Å². The van der Waals surface area contributed by atoms with Crippen molar-refractivity contribution in [1.82, 2.24) is 14.3 Å². The number of anilines is 3. The number of nitrogens with zero attached hydrogens (tertiary/aromatic N) is 4. The highest BCUT2D eigenvalue weighted by atomic mass is 32.2. The number of aliphatic hydroxyl groups is 1. The molecule has 40 heavy (non-hydrogen) atoms. The number of hydrogen-bond donors (Lipinski definition) is 3. The molecule has 0 bridgehead atoms. The Kier molecular flexibility index (Phi) is 7.19. The van der Waals surface area contributed by atoms with Gasteiger partial charge in [-0.05, 0) is 61.4 Å². The maximum absolute atomic E-state index is 13.7. The number of aryl methyl sites for hydroxylation is 1. The molecule has 0 radical (unpaired) electrons. The third-order valence-electron chi connectivity index (χ3n) is 8.43. The van der Waals surface area contributed by atoms with Gasteiger partial charge in [0.2, 0.25) is 10.0 Å². The van der Waals surface area contributed by atoms with Crippen molar-refractivity contribution in [1.29, 1.82) is 0 Å². The number of sulfonamides is 1. The maximum Gasteiger partial charge on any atom is 0.274 e. The lowest BCUT2D eigenvalue weighted by atomic mass is 9.93. The fraction of sp³-hybridized carbons (Fsp3) is 0.500. The van der Waals surface area contributed by atoms with Crippen molar-refractivity contribution in [2.75, 3.05) is 67.7 Å². The van der Waals surface area contributed by atoms with Crippen molar-refractivity contribution in [2.45, 2.75) is 30.6 Å². The molecule has 11 nitrogen and oxygen atoms in total. The van der Waals surface area contributed by atoms with Crippen molar-refractivity contribution in [3.8, 4) is 0 Å². The largest absolute Gasteiger partial charge is 0.395 e. The van der Waals surface area contributed by atoms with E-state index in [9.17, 15) is 13.2 Å². The number of nitrogens with one attached hydrogen (secondary N) is 2. The molecule has 214 valence electrons. The first-order valence-corrected chi connectivity index (χ1v) is 15.4. The van der Waals surface area contributed by atoms with E-state index in [1.165, 1.54) is 18.9 Å². The summed E-state index contributed by atoms with van der Waals surface area (Å²) in [6.07, 6.45) is 6.57. The SMILES string of the molecule is Cn1ccc2cc(C(=O)Nc3ccc(S(=O)(=O)NCCO)cc3N3CCC4(CC3)CC4)nc(N3CCOCC3)c21. The number of aromatic nitrogens is 2. The molecule has 6 rings (SSSR count). The lowest BCUT2D eigenvalue weighted by molar-refractivity contribution is 0.102. The second-order valence-corrected chi connectivity index (χ2v) is 12.8. The van der Waals surface area contributed by atoms with Crippen molar-refractivity contribution in [2.24, 2.45) is 12.5 Å². The minimum absolute atomic E-state index is 0.0680. The fourth-order valence-corrected chi connectivity index (χ4v) is 6.85. The zero-order chi connectivity index (χ0) is 27.9. The van der Waals surface area contributed by atoms with Crippen molar-refractivity contribution >= 4 is 44.0 Å². The van der Waals surface area contributed by atoms with Gasteiger partial charge in [0.25, 0.3) is 5.91 Å². The molecule has 1 amide bonds. The Morgan fingerprint density at radius 3 is 2.50 bits per heavy atom. The average molecular weight is 569 g/mol. The molecule has 2 aliphatic heterocycles.